The fraction of sp³-hybridized carbons (Fsp3) is 0.625. The first-order valence-corrected chi connectivity index (χ1v) is 5.93. The van der Waals surface area contributed by atoms with E-state index in [1.54, 1.807) is 0 Å². The number of halogens is 1. The SMILES string of the molecule is CCCCc1cc(CS(=O)(=O)F)on1. The molecule has 0 aliphatic carbocycles. The van der Waals surface area contributed by atoms with Gasteiger partial charge in [0.2, 0.25) is 0 Å². The van der Waals surface area contributed by atoms with Crippen LogP contribution in [0.25, 0.3) is 0 Å². The third-order valence-electron chi connectivity index (χ3n) is 1.71. The maximum atomic E-state index is 12.2. The molecule has 0 aliphatic heterocycles. The smallest absolute Gasteiger partial charge is 0.309 e. The van der Waals surface area contributed by atoms with Gasteiger partial charge in [0, 0.05) is 6.07 Å². The lowest BCUT2D eigenvalue weighted by atomic mass is 10.2. The maximum absolute atomic E-state index is 12.2. The molecule has 0 spiro atoms. The van der Waals surface area contributed by atoms with Gasteiger partial charge in [-0.25, -0.2) is 0 Å². The molecule has 1 heterocycles. The predicted octanol–water partition coefficient (Wildman–Crippen LogP) is 1.82. The van der Waals surface area contributed by atoms with Gasteiger partial charge in [0.15, 0.2) is 5.76 Å². The third-order valence-corrected chi connectivity index (χ3v) is 2.34. The summed E-state index contributed by atoms with van der Waals surface area (Å²) in [5, 5.41) is 3.63. The molecular weight excluding hydrogens is 209 g/mol. The molecule has 0 radical (unpaired) electrons. The Hall–Kier alpha value is -0.910. The topological polar surface area (TPSA) is 60.2 Å². The van der Waals surface area contributed by atoms with Gasteiger partial charge in [0.05, 0.1) is 5.69 Å². The van der Waals surface area contributed by atoms with Crippen LogP contribution in [0.2, 0.25) is 0 Å². The Kier molecular flexibility index (Phi) is 3.62. The van der Waals surface area contributed by atoms with E-state index in [1.807, 2.05) is 6.92 Å². The summed E-state index contributed by atoms with van der Waals surface area (Å²) in [4.78, 5) is 0. The number of aromatic nitrogens is 1. The van der Waals surface area contributed by atoms with Crippen LogP contribution in [0.15, 0.2) is 10.6 Å². The summed E-state index contributed by atoms with van der Waals surface area (Å²) < 4.78 is 37.4. The molecule has 0 bridgehead atoms. The van der Waals surface area contributed by atoms with Gasteiger partial charge in [-0.15, -0.1) is 3.89 Å². The van der Waals surface area contributed by atoms with Crippen molar-refractivity contribution in [2.45, 2.75) is 31.9 Å². The average Bonchev–Trinajstić information content (AvgIpc) is 2.46. The zero-order chi connectivity index (χ0) is 10.6. The zero-order valence-corrected chi connectivity index (χ0v) is 8.68. The molecule has 1 rings (SSSR count). The van der Waals surface area contributed by atoms with Crippen molar-refractivity contribution in [1.82, 2.24) is 5.16 Å². The van der Waals surface area contributed by atoms with Gasteiger partial charge >= 0.3 is 10.2 Å². The van der Waals surface area contributed by atoms with E-state index in [0.29, 0.717) is 5.69 Å². The van der Waals surface area contributed by atoms with Crippen molar-refractivity contribution in [3.05, 3.63) is 17.5 Å². The van der Waals surface area contributed by atoms with Crippen LogP contribution in [0.5, 0.6) is 0 Å². The van der Waals surface area contributed by atoms with Gasteiger partial charge < -0.3 is 4.52 Å². The highest BCUT2D eigenvalue weighted by Crippen LogP contribution is 2.11. The average molecular weight is 221 g/mol. The van der Waals surface area contributed by atoms with Crippen LogP contribution in [-0.4, -0.2) is 13.6 Å². The predicted molar refractivity (Wildman–Crippen MR) is 48.8 cm³/mol. The maximum Gasteiger partial charge on any atom is 0.309 e. The molecule has 4 nitrogen and oxygen atoms in total. The fourth-order valence-electron chi connectivity index (χ4n) is 1.07. The first-order chi connectivity index (χ1) is 6.51. The van der Waals surface area contributed by atoms with Crippen LogP contribution in [0.1, 0.15) is 31.2 Å². The number of hydrogen-bond donors (Lipinski definition) is 0. The van der Waals surface area contributed by atoms with E-state index in [9.17, 15) is 12.3 Å². The Balaban J connectivity index is 2.59. The molecule has 1 aromatic heterocycles. The first kappa shape index (κ1) is 11.2. The minimum absolute atomic E-state index is 0.0543. The third kappa shape index (κ3) is 3.87. The van der Waals surface area contributed by atoms with Crippen LogP contribution >= 0.6 is 0 Å². The number of rotatable bonds is 5. The Morgan fingerprint density at radius 3 is 2.86 bits per heavy atom. The van der Waals surface area contributed by atoms with Gasteiger partial charge in [-0.2, -0.15) is 8.42 Å². The molecule has 0 amide bonds. The Labute approximate surface area is 82.3 Å². The second kappa shape index (κ2) is 4.54. The van der Waals surface area contributed by atoms with E-state index < -0.39 is 16.0 Å². The van der Waals surface area contributed by atoms with Crippen LogP contribution in [0, 0.1) is 0 Å². The highest BCUT2D eigenvalue weighted by Gasteiger charge is 2.13. The summed E-state index contributed by atoms with van der Waals surface area (Å²) in [7, 11) is -4.52. The normalized spacial score (nSPS) is 11.9. The quantitative estimate of drug-likeness (QED) is 0.711. The number of aryl methyl sites for hydroxylation is 1. The highest BCUT2D eigenvalue weighted by atomic mass is 32.3. The van der Waals surface area contributed by atoms with Gasteiger partial charge in [-0.3, -0.25) is 0 Å². The van der Waals surface area contributed by atoms with Crippen molar-refractivity contribution in [2.24, 2.45) is 0 Å². The molecule has 0 aliphatic rings. The number of unbranched alkanes of at least 4 members (excludes halogenated alkanes) is 1. The molecule has 0 atom stereocenters. The van der Waals surface area contributed by atoms with E-state index in [0.717, 1.165) is 19.3 Å². The van der Waals surface area contributed by atoms with Crippen LogP contribution < -0.4 is 0 Å². The van der Waals surface area contributed by atoms with E-state index >= 15 is 0 Å². The van der Waals surface area contributed by atoms with Crippen LogP contribution in [0.4, 0.5) is 3.89 Å². The summed E-state index contributed by atoms with van der Waals surface area (Å²) in [5.41, 5.74) is 0.672. The summed E-state index contributed by atoms with van der Waals surface area (Å²) in [6.45, 7) is 2.03. The summed E-state index contributed by atoms with van der Waals surface area (Å²) in [6.07, 6.45) is 2.70. The number of nitrogens with zero attached hydrogens (tertiary/aromatic N) is 1. The standard InChI is InChI=1S/C8H12FNO3S/c1-2-3-4-7-5-8(13-10-7)6-14(9,11)12/h5H,2-4,6H2,1H3. The largest absolute Gasteiger partial charge is 0.360 e. The lowest BCUT2D eigenvalue weighted by molar-refractivity contribution is 0.384. The second-order valence-corrected chi connectivity index (χ2v) is 4.44. The van der Waals surface area contributed by atoms with Crippen molar-refractivity contribution < 1.29 is 16.8 Å². The minimum atomic E-state index is -4.52. The first-order valence-electron chi connectivity index (χ1n) is 4.38. The summed E-state index contributed by atoms with van der Waals surface area (Å²) in [6, 6.07) is 1.48. The number of hydrogen-bond acceptors (Lipinski definition) is 4. The molecule has 0 aromatic carbocycles. The fourth-order valence-corrected chi connectivity index (χ4v) is 1.55. The molecule has 0 fully saturated rings. The van der Waals surface area contributed by atoms with Gasteiger partial charge in [0.25, 0.3) is 0 Å². The van der Waals surface area contributed by atoms with Gasteiger partial charge in [-0.1, -0.05) is 18.5 Å². The van der Waals surface area contributed by atoms with Crippen molar-refractivity contribution in [3.63, 3.8) is 0 Å². The van der Waals surface area contributed by atoms with E-state index in [2.05, 4.69) is 9.68 Å². The Morgan fingerprint density at radius 2 is 2.29 bits per heavy atom. The lowest BCUT2D eigenvalue weighted by Gasteiger charge is -1.88. The molecule has 0 N–H and O–H groups in total. The molecule has 1 aromatic rings. The van der Waals surface area contributed by atoms with Gasteiger partial charge in [0.1, 0.15) is 5.75 Å². The minimum Gasteiger partial charge on any atom is -0.360 e. The molecule has 6 heteroatoms. The molecular formula is C8H12FNO3S. The molecule has 0 unspecified atom stereocenters. The van der Waals surface area contributed by atoms with Crippen molar-refractivity contribution in [1.29, 1.82) is 0 Å². The van der Waals surface area contributed by atoms with Crippen LogP contribution in [0.3, 0.4) is 0 Å². The van der Waals surface area contributed by atoms with E-state index in [-0.39, 0.29) is 5.76 Å². The molecule has 0 saturated heterocycles. The van der Waals surface area contributed by atoms with Crippen LogP contribution in [-0.2, 0) is 22.4 Å². The summed E-state index contributed by atoms with van der Waals surface area (Å²) >= 11 is 0. The van der Waals surface area contributed by atoms with Crippen molar-refractivity contribution >= 4 is 10.2 Å². The van der Waals surface area contributed by atoms with E-state index in [1.165, 1.54) is 6.07 Å². The Bertz CT molecular complexity index is 385. The van der Waals surface area contributed by atoms with Crippen molar-refractivity contribution in [2.75, 3.05) is 0 Å². The summed E-state index contributed by atoms with van der Waals surface area (Å²) in [5.74, 6) is -0.676. The van der Waals surface area contributed by atoms with E-state index in [4.69, 9.17) is 0 Å². The molecule has 80 valence electrons. The highest BCUT2D eigenvalue weighted by molar-refractivity contribution is 7.85. The van der Waals surface area contributed by atoms with Crippen molar-refractivity contribution in [3.8, 4) is 0 Å². The zero-order valence-electron chi connectivity index (χ0n) is 7.86. The second-order valence-electron chi connectivity index (χ2n) is 3.07. The monoisotopic (exact) mass is 221 g/mol. The lowest BCUT2D eigenvalue weighted by Crippen LogP contribution is -1.93. The molecule has 14 heavy (non-hydrogen) atoms. The Morgan fingerprint density at radius 1 is 1.57 bits per heavy atom. The molecule has 0 saturated carbocycles. The van der Waals surface area contributed by atoms with Gasteiger partial charge in [-0.05, 0) is 12.8 Å².